The minimum absolute atomic E-state index is 0.000494. The zero-order valence-electron chi connectivity index (χ0n) is 9.71. The summed E-state index contributed by atoms with van der Waals surface area (Å²) in [5.41, 5.74) is 6.51. The Kier molecular flexibility index (Phi) is 4.01. The fourth-order valence-electron chi connectivity index (χ4n) is 1.46. The van der Waals surface area contributed by atoms with Crippen LogP contribution in [-0.4, -0.2) is 21.6 Å². The molecule has 0 aliphatic rings. The number of pyridine rings is 1. The van der Waals surface area contributed by atoms with Crippen LogP contribution in [0.5, 0.6) is 5.88 Å². The Labute approximate surface area is 104 Å². The number of aryl methyl sites for hydroxylation is 1. The first-order valence-electron chi connectivity index (χ1n) is 5.55. The number of rotatable bonds is 5. The lowest BCUT2D eigenvalue weighted by atomic mass is 10.1. The van der Waals surface area contributed by atoms with Crippen molar-refractivity contribution in [2.45, 2.75) is 12.8 Å². The highest BCUT2D eigenvalue weighted by Gasteiger charge is 2.06. The van der Waals surface area contributed by atoms with E-state index < -0.39 is 5.82 Å². The second kappa shape index (κ2) is 5.90. The molecule has 0 bridgehead atoms. The second-order valence-corrected chi connectivity index (χ2v) is 3.69. The van der Waals surface area contributed by atoms with Crippen LogP contribution >= 0.6 is 0 Å². The molecule has 2 heterocycles. The minimum atomic E-state index is -0.604. The third kappa shape index (κ3) is 3.38. The van der Waals surface area contributed by atoms with Crippen LogP contribution in [0.1, 0.15) is 12.0 Å². The molecule has 2 aromatic rings. The summed E-state index contributed by atoms with van der Waals surface area (Å²) in [7, 11) is 0. The molecule has 0 atom stereocenters. The Hall–Kier alpha value is -2.24. The average Bonchev–Trinajstić information content (AvgIpc) is 2.40. The molecule has 0 radical (unpaired) electrons. The van der Waals surface area contributed by atoms with Crippen LogP contribution in [0.25, 0.3) is 0 Å². The zero-order valence-corrected chi connectivity index (χ0v) is 9.71. The fourth-order valence-corrected chi connectivity index (χ4v) is 1.46. The van der Waals surface area contributed by atoms with Gasteiger partial charge < -0.3 is 10.5 Å². The van der Waals surface area contributed by atoms with Crippen LogP contribution in [0, 0.1) is 5.82 Å². The highest BCUT2D eigenvalue weighted by Crippen LogP contribution is 2.13. The lowest BCUT2D eigenvalue weighted by Gasteiger charge is -2.06. The molecule has 18 heavy (non-hydrogen) atoms. The molecule has 2 N–H and O–H groups in total. The Morgan fingerprint density at radius 2 is 2.06 bits per heavy atom. The molecule has 0 unspecified atom stereocenters. The van der Waals surface area contributed by atoms with E-state index in [0.717, 1.165) is 24.6 Å². The van der Waals surface area contributed by atoms with Crippen LogP contribution in [0.2, 0.25) is 0 Å². The van der Waals surface area contributed by atoms with E-state index in [9.17, 15) is 4.39 Å². The number of hydrogen-bond acceptors (Lipinski definition) is 5. The zero-order chi connectivity index (χ0) is 12.8. The molecule has 94 valence electrons. The maximum atomic E-state index is 13.2. The number of hydrogen-bond donors (Lipinski definition) is 1. The summed E-state index contributed by atoms with van der Waals surface area (Å²) in [6.07, 6.45) is 6.07. The van der Waals surface area contributed by atoms with E-state index in [-0.39, 0.29) is 11.8 Å². The maximum Gasteiger partial charge on any atom is 0.255 e. The van der Waals surface area contributed by atoms with Gasteiger partial charge in [0.25, 0.3) is 5.88 Å². The summed E-state index contributed by atoms with van der Waals surface area (Å²) in [5, 5.41) is 0. The van der Waals surface area contributed by atoms with E-state index >= 15 is 0 Å². The topological polar surface area (TPSA) is 73.9 Å². The number of nitrogens with two attached hydrogens (primary N) is 1. The van der Waals surface area contributed by atoms with Crippen LogP contribution < -0.4 is 10.5 Å². The van der Waals surface area contributed by atoms with Crippen LogP contribution in [0.15, 0.2) is 30.7 Å². The van der Waals surface area contributed by atoms with Gasteiger partial charge in [0.2, 0.25) is 11.8 Å². The predicted molar refractivity (Wildman–Crippen MR) is 64.5 cm³/mol. The molecular weight excluding hydrogens is 235 g/mol. The van der Waals surface area contributed by atoms with Gasteiger partial charge in [0.1, 0.15) is 0 Å². The number of nitrogen functional groups attached to an aromatic ring is 1. The van der Waals surface area contributed by atoms with Crippen molar-refractivity contribution in [3.63, 3.8) is 0 Å². The third-order valence-electron chi connectivity index (χ3n) is 2.33. The first-order valence-corrected chi connectivity index (χ1v) is 5.55. The van der Waals surface area contributed by atoms with Crippen molar-refractivity contribution in [1.29, 1.82) is 0 Å². The smallest absolute Gasteiger partial charge is 0.255 e. The average molecular weight is 248 g/mol. The summed E-state index contributed by atoms with van der Waals surface area (Å²) in [6, 6.07) is 3.87. The Morgan fingerprint density at radius 3 is 2.83 bits per heavy atom. The van der Waals surface area contributed by atoms with Crippen molar-refractivity contribution in [1.82, 2.24) is 15.0 Å². The van der Waals surface area contributed by atoms with Gasteiger partial charge in [0, 0.05) is 12.4 Å². The number of halogens is 1. The molecule has 0 saturated carbocycles. The van der Waals surface area contributed by atoms with Gasteiger partial charge in [-0.25, -0.2) is 4.98 Å². The molecule has 0 amide bonds. The highest BCUT2D eigenvalue weighted by molar-refractivity contribution is 5.22. The van der Waals surface area contributed by atoms with Crippen molar-refractivity contribution >= 4 is 5.95 Å². The molecular formula is C12H13FN4O. The first-order chi connectivity index (χ1) is 8.75. The number of ether oxygens (including phenoxy) is 1. The van der Waals surface area contributed by atoms with Gasteiger partial charge in [-0.15, -0.1) is 0 Å². The summed E-state index contributed by atoms with van der Waals surface area (Å²) < 4.78 is 18.4. The minimum Gasteiger partial charge on any atom is -0.475 e. The quantitative estimate of drug-likeness (QED) is 0.813. The molecule has 0 spiro atoms. The van der Waals surface area contributed by atoms with E-state index in [2.05, 4.69) is 15.0 Å². The van der Waals surface area contributed by atoms with Gasteiger partial charge in [0.15, 0.2) is 0 Å². The Bertz CT molecular complexity index is 507. The molecule has 6 heteroatoms. The van der Waals surface area contributed by atoms with Crippen molar-refractivity contribution in [2.24, 2.45) is 0 Å². The molecule has 5 nitrogen and oxygen atoms in total. The Balaban J connectivity index is 1.80. The maximum absolute atomic E-state index is 13.2. The van der Waals surface area contributed by atoms with Crippen molar-refractivity contribution in [3.05, 3.63) is 42.1 Å². The van der Waals surface area contributed by atoms with E-state index in [1.54, 1.807) is 12.4 Å². The van der Waals surface area contributed by atoms with E-state index in [0.29, 0.717) is 6.61 Å². The molecule has 0 saturated heterocycles. The monoisotopic (exact) mass is 248 g/mol. The highest BCUT2D eigenvalue weighted by atomic mass is 19.1. The third-order valence-corrected chi connectivity index (χ3v) is 2.33. The van der Waals surface area contributed by atoms with Gasteiger partial charge in [-0.05, 0) is 30.5 Å². The molecule has 2 aromatic heterocycles. The van der Waals surface area contributed by atoms with Crippen LogP contribution in [-0.2, 0) is 6.42 Å². The fraction of sp³-hybridized carbons (Fsp3) is 0.250. The first kappa shape index (κ1) is 12.2. The largest absolute Gasteiger partial charge is 0.475 e. The summed E-state index contributed by atoms with van der Waals surface area (Å²) >= 11 is 0. The van der Waals surface area contributed by atoms with Gasteiger partial charge in [-0.1, -0.05) is 0 Å². The van der Waals surface area contributed by atoms with Gasteiger partial charge in [0.05, 0.1) is 12.8 Å². The van der Waals surface area contributed by atoms with Crippen LogP contribution in [0.4, 0.5) is 10.3 Å². The van der Waals surface area contributed by atoms with Crippen molar-refractivity contribution in [2.75, 3.05) is 12.3 Å². The van der Waals surface area contributed by atoms with Crippen molar-refractivity contribution < 1.29 is 9.13 Å². The number of nitrogens with zero attached hydrogens (tertiary/aromatic N) is 3. The predicted octanol–water partition coefficient (Wildman–Crippen LogP) is 1.60. The number of anilines is 1. The van der Waals surface area contributed by atoms with E-state index in [1.165, 1.54) is 0 Å². The van der Waals surface area contributed by atoms with Crippen LogP contribution in [0.3, 0.4) is 0 Å². The standard InChI is InChI=1S/C12H13FN4O/c13-10-8-16-12(14)17-11(10)18-7-1-2-9-3-5-15-6-4-9/h3-6,8H,1-2,7H2,(H2,14,16,17). The van der Waals surface area contributed by atoms with Crippen molar-refractivity contribution in [3.8, 4) is 5.88 Å². The summed E-state index contributed by atoms with van der Waals surface area (Å²) in [5.74, 6) is -0.703. The Morgan fingerprint density at radius 1 is 1.28 bits per heavy atom. The second-order valence-electron chi connectivity index (χ2n) is 3.69. The SMILES string of the molecule is Nc1ncc(F)c(OCCCc2ccncc2)n1. The molecule has 0 aliphatic carbocycles. The lowest BCUT2D eigenvalue weighted by Crippen LogP contribution is -2.05. The normalized spacial score (nSPS) is 10.3. The summed E-state index contributed by atoms with van der Waals surface area (Å²) in [6.45, 7) is 0.371. The molecule has 0 aromatic carbocycles. The molecule has 0 fully saturated rings. The van der Waals surface area contributed by atoms with E-state index in [4.69, 9.17) is 10.5 Å². The van der Waals surface area contributed by atoms with E-state index in [1.807, 2.05) is 12.1 Å². The molecule has 2 rings (SSSR count). The lowest BCUT2D eigenvalue weighted by molar-refractivity contribution is 0.282. The molecule has 0 aliphatic heterocycles. The summed E-state index contributed by atoms with van der Waals surface area (Å²) in [4.78, 5) is 11.1. The number of aromatic nitrogens is 3. The van der Waals surface area contributed by atoms with Gasteiger partial charge >= 0.3 is 0 Å². The van der Waals surface area contributed by atoms with Gasteiger partial charge in [-0.2, -0.15) is 9.37 Å². The van der Waals surface area contributed by atoms with Gasteiger partial charge in [-0.3, -0.25) is 4.98 Å².